The van der Waals surface area contributed by atoms with Crippen LogP contribution in [0.15, 0.2) is 59.6 Å². The topological polar surface area (TPSA) is 74.2 Å². The number of piperidine rings is 1. The number of benzene rings is 2. The standard InChI is InChI=1S/C23H27N3O3/c1-2-29-22(28)26-14-12-23(13-15-26)24-19(17-8-4-3-5-9-17)16-20(25-23)18-10-6-7-11-21(18)27/h3-11,20,25,27H,2,12-16H2,1H3/t20-/m1/s1. The SMILES string of the molecule is CCOC(=O)N1CCC2(CC1)N=C(c1ccccc1)C[C@H](c1ccccc1O)N2. The van der Waals surface area contributed by atoms with Crippen molar-refractivity contribution in [1.82, 2.24) is 10.2 Å². The third kappa shape index (κ3) is 4.12. The lowest BCUT2D eigenvalue weighted by atomic mass is 9.87. The molecule has 1 spiro atoms. The fourth-order valence-electron chi connectivity index (χ4n) is 4.22. The fraction of sp³-hybridized carbons (Fsp3) is 0.391. The Balaban J connectivity index is 1.63. The molecule has 2 aliphatic heterocycles. The van der Waals surface area contributed by atoms with Gasteiger partial charge in [-0.15, -0.1) is 0 Å². The normalized spacial score (nSPS) is 20.9. The van der Waals surface area contributed by atoms with E-state index in [1.807, 2.05) is 43.3 Å². The molecular formula is C23H27N3O3. The van der Waals surface area contributed by atoms with Crippen LogP contribution in [0.1, 0.15) is 43.4 Å². The Morgan fingerprint density at radius 1 is 1.17 bits per heavy atom. The Kier molecular flexibility index (Phi) is 5.53. The number of rotatable bonds is 3. The first-order valence-corrected chi connectivity index (χ1v) is 10.2. The lowest BCUT2D eigenvalue weighted by Crippen LogP contribution is -2.56. The van der Waals surface area contributed by atoms with Crippen LogP contribution in [-0.2, 0) is 4.74 Å². The number of carbonyl (C=O) groups is 1. The molecule has 2 aliphatic rings. The number of hydrogen-bond donors (Lipinski definition) is 2. The highest BCUT2D eigenvalue weighted by Gasteiger charge is 2.41. The highest BCUT2D eigenvalue weighted by molar-refractivity contribution is 6.01. The Hall–Kier alpha value is -2.86. The number of nitrogens with one attached hydrogen (secondary N) is 1. The number of likely N-dealkylation sites (tertiary alicyclic amines) is 1. The van der Waals surface area contributed by atoms with E-state index in [2.05, 4.69) is 17.4 Å². The second-order valence-electron chi connectivity index (χ2n) is 7.60. The molecular weight excluding hydrogens is 366 g/mol. The van der Waals surface area contributed by atoms with E-state index >= 15 is 0 Å². The van der Waals surface area contributed by atoms with Crippen molar-refractivity contribution >= 4 is 11.8 Å². The van der Waals surface area contributed by atoms with Crippen molar-refractivity contribution in [1.29, 1.82) is 0 Å². The minimum Gasteiger partial charge on any atom is -0.508 e. The number of carbonyl (C=O) groups excluding carboxylic acids is 1. The largest absolute Gasteiger partial charge is 0.508 e. The first-order chi connectivity index (χ1) is 14.1. The van der Waals surface area contributed by atoms with Crippen molar-refractivity contribution in [2.24, 2.45) is 4.99 Å². The predicted molar refractivity (Wildman–Crippen MR) is 112 cm³/mol. The van der Waals surface area contributed by atoms with Crippen LogP contribution in [-0.4, -0.2) is 47.2 Å². The second kappa shape index (κ2) is 8.25. The van der Waals surface area contributed by atoms with Crippen LogP contribution in [0.2, 0.25) is 0 Å². The predicted octanol–water partition coefficient (Wildman–Crippen LogP) is 3.86. The average Bonchev–Trinajstić information content (AvgIpc) is 2.75. The zero-order chi connectivity index (χ0) is 20.3. The molecule has 2 aromatic carbocycles. The van der Waals surface area contributed by atoms with Crippen LogP contribution in [0.5, 0.6) is 5.75 Å². The van der Waals surface area contributed by atoms with E-state index in [0.717, 1.165) is 16.8 Å². The average molecular weight is 393 g/mol. The minimum atomic E-state index is -0.459. The van der Waals surface area contributed by atoms with Gasteiger partial charge in [0.2, 0.25) is 0 Å². The van der Waals surface area contributed by atoms with E-state index in [0.29, 0.717) is 44.7 Å². The monoisotopic (exact) mass is 393 g/mol. The zero-order valence-electron chi connectivity index (χ0n) is 16.7. The van der Waals surface area contributed by atoms with Crippen molar-refractivity contribution in [3.8, 4) is 5.75 Å². The molecule has 1 atom stereocenters. The van der Waals surface area contributed by atoms with Gasteiger partial charge in [0.1, 0.15) is 11.4 Å². The summed E-state index contributed by atoms with van der Waals surface area (Å²) < 4.78 is 5.15. The van der Waals surface area contributed by atoms with Crippen molar-refractivity contribution in [2.45, 2.75) is 37.9 Å². The van der Waals surface area contributed by atoms with Gasteiger partial charge in [-0.2, -0.15) is 0 Å². The summed E-state index contributed by atoms with van der Waals surface area (Å²) in [6.45, 7) is 3.37. The smallest absolute Gasteiger partial charge is 0.409 e. The lowest BCUT2D eigenvalue weighted by Gasteiger charge is -2.45. The van der Waals surface area contributed by atoms with Crippen molar-refractivity contribution < 1.29 is 14.6 Å². The molecule has 29 heavy (non-hydrogen) atoms. The molecule has 0 radical (unpaired) electrons. The molecule has 0 bridgehead atoms. The Morgan fingerprint density at radius 2 is 1.86 bits per heavy atom. The van der Waals surface area contributed by atoms with E-state index in [-0.39, 0.29) is 12.1 Å². The first-order valence-electron chi connectivity index (χ1n) is 10.2. The molecule has 2 heterocycles. The van der Waals surface area contributed by atoms with Gasteiger partial charge in [0.05, 0.1) is 6.61 Å². The molecule has 6 heteroatoms. The molecule has 0 aromatic heterocycles. The van der Waals surface area contributed by atoms with E-state index in [4.69, 9.17) is 9.73 Å². The Bertz CT molecular complexity index is 889. The van der Waals surface area contributed by atoms with Gasteiger partial charge >= 0.3 is 6.09 Å². The molecule has 152 valence electrons. The number of para-hydroxylation sites is 1. The maximum absolute atomic E-state index is 12.1. The van der Waals surface area contributed by atoms with Crippen LogP contribution in [0.3, 0.4) is 0 Å². The summed E-state index contributed by atoms with van der Waals surface area (Å²) in [5, 5.41) is 14.1. The van der Waals surface area contributed by atoms with Crippen LogP contribution >= 0.6 is 0 Å². The van der Waals surface area contributed by atoms with Crippen molar-refractivity contribution in [3.63, 3.8) is 0 Å². The highest BCUT2D eigenvalue weighted by Crippen LogP contribution is 2.37. The molecule has 1 amide bonds. The highest BCUT2D eigenvalue weighted by atomic mass is 16.6. The van der Waals surface area contributed by atoms with Gasteiger partial charge in [0, 0.05) is 49.7 Å². The van der Waals surface area contributed by atoms with Gasteiger partial charge in [-0.1, -0.05) is 48.5 Å². The van der Waals surface area contributed by atoms with Gasteiger partial charge in [0.15, 0.2) is 0 Å². The summed E-state index contributed by atoms with van der Waals surface area (Å²) in [4.78, 5) is 19.0. The number of amides is 1. The van der Waals surface area contributed by atoms with E-state index < -0.39 is 5.66 Å². The Labute approximate surface area is 171 Å². The van der Waals surface area contributed by atoms with E-state index in [1.165, 1.54) is 0 Å². The number of phenolic OH excluding ortho intramolecular Hbond substituents is 1. The minimum absolute atomic E-state index is 0.0435. The Morgan fingerprint density at radius 3 is 2.55 bits per heavy atom. The number of aliphatic imine (C=N–C) groups is 1. The fourth-order valence-corrected chi connectivity index (χ4v) is 4.22. The summed E-state index contributed by atoms with van der Waals surface area (Å²) in [6, 6.07) is 17.6. The molecule has 0 saturated carbocycles. The van der Waals surface area contributed by atoms with Gasteiger partial charge in [0.25, 0.3) is 0 Å². The zero-order valence-corrected chi connectivity index (χ0v) is 16.7. The number of aromatic hydroxyl groups is 1. The third-order valence-corrected chi connectivity index (χ3v) is 5.73. The van der Waals surface area contributed by atoms with Crippen LogP contribution in [0.25, 0.3) is 0 Å². The number of hydrogen-bond acceptors (Lipinski definition) is 5. The summed E-state index contributed by atoms with van der Waals surface area (Å²) in [5.41, 5.74) is 2.55. The second-order valence-corrected chi connectivity index (χ2v) is 7.60. The summed E-state index contributed by atoms with van der Waals surface area (Å²) in [7, 11) is 0. The van der Waals surface area contributed by atoms with Gasteiger partial charge in [-0.3, -0.25) is 10.3 Å². The molecule has 0 aliphatic carbocycles. The molecule has 2 aromatic rings. The molecule has 0 unspecified atom stereocenters. The number of phenols is 1. The van der Waals surface area contributed by atoms with Gasteiger partial charge in [-0.25, -0.2) is 4.79 Å². The molecule has 2 N–H and O–H groups in total. The third-order valence-electron chi connectivity index (χ3n) is 5.73. The molecule has 1 fully saturated rings. The number of nitrogens with zero attached hydrogens (tertiary/aromatic N) is 2. The summed E-state index contributed by atoms with van der Waals surface area (Å²) in [6.07, 6.45) is 1.84. The maximum atomic E-state index is 12.1. The van der Waals surface area contributed by atoms with E-state index in [9.17, 15) is 9.90 Å². The van der Waals surface area contributed by atoms with Crippen molar-refractivity contribution in [3.05, 3.63) is 65.7 Å². The summed E-state index contributed by atoms with van der Waals surface area (Å²) >= 11 is 0. The van der Waals surface area contributed by atoms with E-state index in [1.54, 1.807) is 11.0 Å². The first kappa shape index (κ1) is 19.5. The maximum Gasteiger partial charge on any atom is 0.409 e. The van der Waals surface area contributed by atoms with Gasteiger partial charge < -0.3 is 14.7 Å². The van der Waals surface area contributed by atoms with Crippen LogP contribution in [0, 0.1) is 0 Å². The van der Waals surface area contributed by atoms with Crippen LogP contribution in [0.4, 0.5) is 4.79 Å². The van der Waals surface area contributed by atoms with Crippen molar-refractivity contribution in [2.75, 3.05) is 19.7 Å². The molecule has 4 rings (SSSR count). The molecule has 1 saturated heterocycles. The lowest BCUT2D eigenvalue weighted by molar-refractivity contribution is 0.0778. The van der Waals surface area contributed by atoms with Gasteiger partial charge in [-0.05, 0) is 18.6 Å². The quantitative estimate of drug-likeness (QED) is 0.830. The number of ether oxygens (including phenoxy) is 1. The molecule has 6 nitrogen and oxygen atoms in total. The van der Waals surface area contributed by atoms with Crippen LogP contribution < -0.4 is 5.32 Å². The summed E-state index contributed by atoms with van der Waals surface area (Å²) in [5.74, 6) is 0.290.